The first kappa shape index (κ1) is 36.3. The number of nitrogens with one attached hydrogen (secondary N) is 1. The van der Waals surface area contributed by atoms with E-state index in [1.165, 1.54) is 37.3 Å². The number of sulfonamides is 1. The van der Waals surface area contributed by atoms with Crippen molar-refractivity contribution in [2.75, 3.05) is 25.1 Å². The minimum Gasteiger partial charge on any atom is -0.493 e. The monoisotopic (exact) mass is 691 g/mol. The molecule has 48 heavy (non-hydrogen) atoms. The predicted molar refractivity (Wildman–Crippen MR) is 189 cm³/mol. The summed E-state index contributed by atoms with van der Waals surface area (Å²) < 4.78 is 40.5. The molecule has 0 aliphatic carbocycles. The third-order valence-electron chi connectivity index (χ3n) is 7.58. The van der Waals surface area contributed by atoms with Crippen LogP contribution in [0.1, 0.15) is 37.5 Å². The molecule has 254 valence electrons. The molecule has 9 nitrogen and oxygen atoms in total. The van der Waals surface area contributed by atoms with Gasteiger partial charge in [-0.05, 0) is 75.2 Å². The standard InChI is InChI=1S/C37H42ClN3O6S/c1-26-12-18-30(19-13-26)41(48(44,45)31-20-21-33(46-5)34(23-31)47-6)25-35(42)40(24-28-14-16-29(38)17-15-28)32(36(43)39-37(2,3)4)22-27-10-8-7-9-11-27/h7-21,23,32H,22,24-25H2,1-6H3,(H,39,43). The molecule has 1 unspecified atom stereocenters. The van der Waals surface area contributed by atoms with Crippen molar-refractivity contribution < 1.29 is 27.5 Å². The van der Waals surface area contributed by atoms with Gasteiger partial charge in [0.25, 0.3) is 10.0 Å². The first-order valence-corrected chi connectivity index (χ1v) is 17.2. The van der Waals surface area contributed by atoms with Crippen molar-refractivity contribution in [1.82, 2.24) is 10.2 Å². The Labute approximate surface area is 288 Å². The predicted octanol–water partition coefficient (Wildman–Crippen LogP) is 6.42. The molecule has 11 heteroatoms. The quantitative estimate of drug-likeness (QED) is 0.174. The number of aryl methyl sites for hydroxylation is 1. The molecule has 0 bridgehead atoms. The van der Waals surface area contributed by atoms with Crippen molar-refractivity contribution in [3.8, 4) is 11.5 Å². The maximum absolute atomic E-state index is 14.6. The fraction of sp³-hybridized carbons (Fsp3) is 0.297. The summed E-state index contributed by atoms with van der Waals surface area (Å²) in [7, 11) is -1.46. The van der Waals surface area contributed by atoms with E-state index in [-0.39, 0.29) is 35.2 Å². The van der Waals surface area contributed by atoms with Crippen LogP contribution in [0.15, 0.2) is 102 Å². The lowest BCUT2D eigenvalue weighted by Gasteiger charge is -2.35. The molecule has 1 N–H and O–H groups in total. The van der Waals surface area contributed by atoms with Crippen LogP contribution < -0.4 is 19.1 Å². The van der Waals surface area contributed by atoms with Crippen LogP contribution in [0.2, 0.25) is 5.02 Å². The molecule has 0 aromatic heterocycles. The van der Waals surface area contributed by atoms with Crippen LogP contribution in [0.5, 0.6) is 11.5 Å². The second kappa shape index (κ2) is 15.6. The van der Waals surface area contributed by atoms with Gasteiger partial charge in [0.05, 0.1) is 24.8 Å². The van der Waals surface area contributed by atoms with Gasteiger partial charge in [-0.3, -0.25) is 13.9 Å². The second-order valence-electron chi connectivity index (χ2n) is 12.5. The molecule has 0 heterocycles. The van der Waals surface area contributed by atoms with Crippen molar-refractivity contribution in [1.29, 1.82) is 0 Å². The van der Waals surface area contributed by atoms with E-state index in [4.69, 9.17) is 21.1 Å². The number of rotatable bonds is 13. The fourth-order valence-electron chi connectivity index (χ4n) is 5.14. The normalized spacial score (nSPS) is 12.1. The molecule has 4 aromatic rings. The highest BCUT2D eigenvalue weighted by atomic mass is 35.5. The zero-order valence-electron chi connectivity index (χ0n) is 28.1. The minimum atomic E-state index is -4.33. The zero-order chi connectivity index (χ0) is 35.1. The number of anilines is 1. The summed E-state index contributed by atoms with van der Waals surface area (Å²) in [5.74, 6) is -0.352. The van der Waals surface area contributed by atoms with Crippen molar-refractivity contribution in [3.05, 3.63) is 119 Å². The molecule has 0 aliphatic heterocycles. The Hall–Kier alpha value is -4.54. The molecule has 0 aliphatic rings. The molecule has 1 atom stereocenters. The summed E-state index contributed by atoms with van der Waals surface area (Å²) in [6, 6.07) is 26.5. The van der Waals surface area contributed by atoms with Crippen LogP contribution in [0.4, 0.5) is 5.69 Å². The lowest BCUT2D eigenvalue weighted by molar-refractivity contribution is -0.140. The van der Waals surface area contributed by atoms with Gasteiger partial charge >= 0.3 is 0 Å². The van der Waals surface area contributed by atoms with E-state index >= 15 is 0 Å². The number of carbonyl (C=O) groups excluding carboxylic acids is 2. The molecule has 0 fully saturated rings. The van der Waals surface area contributed by atoms with Gasteiger partial charge < -0.3 is 19.7 Å². The van der Waals surface area contributed by atoms with Crippen LogP contribution in [0, 0.1) is 6.92 Å². The molecular weight excluding hydrogens is 650 g/mol. The van der Waals surface area contributed by atoms with Gasteiger partial charge in [-0.1, -0.05) is 71.8 Å². The molecule has 2 amide bonds. The molecular formula is C37H42ClN3O6S. The van der Waals surface area contributed by atoms with E-state index < -0.39 is 34.1 Å². The maximum Gasteiger partial charge on any atom is 0.264 e. The molecule has 0 saturated heterocycles. The van der Waals surface area contributed by atoms with Gasteiger partial charge in [-0.2, -0.15) is 0 Å². The molecule has 4 rings (SSSR count). The van der Waals surface area contributed by atoms with Crippen LogP contribution in [0.25, 0.3) is 0 Å². The Morgan fingerprint density at radius 1 is 0.833 bits per heavy atom. The number of benzene rings is 4. The number of halogens is 1. The summed E-state index contributed by atoms with van der Waals surface area (Å²) in [4.78, 5) is 30.0. The Kier molecular flexibility index (Phi) is 11.8. The highest BCUT2D eigenvalue weighted by molar-refractivity contribution is 7.92. The average molecular weight is 692 g/mol. The van der Waals surface area contributed by atoms with Gasteiger partial charge in [0.2, 0.25) is 11.8 Å². The molecule has 0 radical (unpaired) electrons. The Balaban J connectivity index is 1.83. The molecule has 4 aromatic carbocycles. The van der Waals surface area contributed by atoms with E-state index in [1.807, 2.05) is 58.0 Å². The summed E-state index contributed by atoms with van der Waals surface area (Å²) in [6.07, 6.45) is 0.203. The number of hydrogen-bond acceptors (Lipinski definition) is 6. The van der Waals surface area contributed by atoms with Gasteiger partial charge in [0.1, 0.15) is 12.6 Å². The topological polar surface area (TPSA) is 105 Å². The van der Waals surface area contributed by atoms with E-state index in [1.54, 1.807) is 48.5 Å². The second-order valence-corrected chi connectivity index (χ2v) is 14.8. The van der Waals surface area contributed by atoms with Crippen molar-refractivity contribution in [3.63, 3.8) is 0 Å². The molecule has 0 saturated carbocycles. The summed E-state index contributed by atoms with van der Waals surface area (Å²) >= 11 is 6.17. The maximum atomic E-state index is 14.6. The number of nitrogens with zero attached hydrogens (tertiary/aromatic N) is 2. The first-order valence-electron chi connectivity index (χ1n) is 15.4. The van der Waals surface area contributed by atoms with E-state index in [9.17, 15) is 18.0 Å². The Morgan fingerprint density at radius 3 is 2.04 bits per heavy atom. The largest absolute Gasteiger partial charge is 0.493 e. The highest BCUT2D eigenvalue weighted by Gasteiger charge is 2.36. The van der Waals surface area contributed by atoms with Gasteiger partial charge in [0, 0.05) is 29.6 Å². The van der Waals surface area contributed by atoms with E-state index in [2.05, 4.69) is 5.32 Å². The van der Waals surface area contributed by atoms with Gasteiger partial charge in [-0.15, -0.1) is 0 Å². The summed E-state index contributed by atoms with van der Waals surface area (Å²) in [6.45, 7) is 6.93. The summed E-state index contributed by atoms with van der Waals surface area (Å²) in [5.41, 5.74) is 2.17. The Bertz CT molecular complexity index is 1810. The fourth-order valence-corrected chi connectivity index (χ4v) is 6.69. The number of ether oxygens (including phenoxy) is 2. The highest BCUT2D eigenvalue weighted by Crippen LogP contribution is 2.32. The third kappa shape index (κ3) is 9.29. The molecule has 0 spiro atoms. The van der Waals surface area contributed by atoms with Crippen molar-refractivity contribution in [2.45, 2.75) is 57.1 Å². The third-order valence-corrected chi connectivity index (χ3v) is 9.60. The van der Waals surface area contributed by atoms with E-state index in [0.29, 0.717) is 10.8 Å². The van der Waals surface area contributed by atoms with Crippen molar-refractivity contribution >= 4 is 39.1 Å². The SMILES string of the molecule is COc1ccc(S(=O)(=O)N(CC(=O)N(Cc2ccc(Cl)cc2)C(Cc2ccccc2)C(=O)NC(C)(C)C)c2ccc(C)cc2)cc1OC. The van der Waals surface area contributed by atoms with Crippen molar-refractivity contribution in [2.24, 2.45) is 0 Å². The number of amides is 2. The number of carbonyl (C=O) groups is 2. The lowest BCUT2D eigenvalue weighted by Crippen LogP contribution is -2.56. The smallest absolute Gasteiger partial charge is 0.264 e. The number of hydrogen-bond donors (Lipinski definition) is 1. The van der Waals surface area contributed by atoms with E-state index in [0.717, 1.165) is 21.0 Å². The van der Waals surface area contributed by atoms with Gasteiger partial charge in [-0.25, -0.2) is 8.42 Å². The lowest BCUT2D eigenvalue weighted by atomic mass is 10.0. The van der Waals surface area contributed by atoms with Crippen LogP contribution in [-0.2, 0) is 32.6 Å². The first-order chi connectivity index (χ1) is 22.7. The van der Waals surface area contributed by atoms with Gasteiger partial charge in [0.15, 0.2) is 11.5 Å². The van der Waals surface area contributed by atoms with Crippen LogP contribution >= 0.6 is 11.6 Å². The zero-order valence-corrected chi connectivity index (χ0v) is 29.6. The average Bonchev–Trinajstić information content (AvgIpc) is 3.05. The Morgan fingerprint density at radius 2 is 1.46 bits per heavy atom. The van der Waals surface area contributed by atoms with Crippen LogP contribution in [-0.4, -0.2) is 57.5 Å². The number of methoxy groups -OCH3 is 2. The summed E-state index contributed by atoms with van der Waals surface area (Å²) in [5, 5.41) is 3.55. The van der Waals surface area contributed by atoms with Crippen LogP contribution in [0.3, 0.4) is 0 Å². The minimum absolute atomic E-state index is 0.0310.